The van der Waals surface area contributed by atoms with Gasteiger partial charge in [-0.1, -0.05) is 62.7 Å². The van der Waals surface area contributed by atoms with E-state index in [2.05, 4.69) is 20.8 Å². The van der Waals surface area contributed by atoms with Gasteiger partial charge in [0.25, 0.3) is 11.7 Å². The Morgan fingerprint density at radius 1 is 0.914 bits per heavy atom. The topological polar surface area (TPSA) is 66.8 Å². The van der Waals surface area contributed by atoms with E-state index in [1.807, 2.05) is 56.3 Å². The Kier molecular flexibility index (Phi) is 6.28. The molecule has 3 aromatic rings. The van der Waals surface area contributed by atoms with Crippen LogP contribution in [0.3, 0.4) is 0 Å². The van der Waals surface area contributed by atoms with E-state index < -0.39 is 17.7 Å². The summed E-state index contributed by atoms with van der Waals surface area (Å²) in [6.07, 6.45) is 0. The molecule has 5 nitrogen and oxygen atoms in total. The molecule has 3 aromatic carbocycles. The number of carbonyl (C=O) groups is 2. The second kappa shape index (κ2) is 9.06. The first kappa shape index (κ1) is 24.3. The van der Waals surface area contributed by atoms with Crippen LogP contribution in [0, 0.1) is 13.8 Å². The molecule has 1 atom stereocenters. The van der Waals surface area contributed by atoms with Crippen LogP contribution in [-0.2, 0) is 15.0 Å². The Morgan fingerprint density at radius 2 is 1.54 bits per heavy atom. The number of anilines is 1. The average Bonchev–Trinajstić information content (AvgIpc) is 3.10. The molecule has 1 unspecified atom stereocenters. The van der Waals surface area contributed by atoms with E-state index in [4.69, 9.17) is 4.74 Å². The Hall–Kier alpha value is -3.86. The van der Waals surface area contributed by atoms with Gasteiger partial charge < -0.3 is 9.84 Å². The van der Waals surface area contributed by atoms with Gasteiger partial charge in [0.1, 0.15) is 11.5 Å². The fraction of sp³-hybridized carbons (Fsp3) is 0.267. The number of ketones is 1. The van der Waals surface area contributed by atoms with Gasteiger partial charge in [-0.3, -0.25) is 14.5 Å². The maximum absolute atomic E-state index is 13.4. The number of benzene rings is 3. The number of Topliss-reactive ketones (excluding diaryl/α,β-unsaturated/α-hetero) is 1. The average molecular weight is 470 g/mol. The van der Waals surface area contributed by atoms with Crippen molar-refractivity contribution in [3.05, 3.63) is 100 Å². The molecule has 1 N–H and O–H groups in total. The molecule has 1 amide bonds. The molecule has 1 aliphatic heterocycles. The number of hydrogen-bond acceptors (Lipinski definition) is 4. The van der Waals surface area contributed by atoms with Crippen molar-refractivity contribution in [1.82, 2.24) is 0 Å². The van der Waals surface area contributed by atoms with Crippen molar-refractivity contribution in [1.29, 1.82) is 0 Å². The van der Waals surface area contributed by atoms with Gasteiger partial charge >= 0.3 is 0 Å². The molecule has 1 saturated heterocycles. The Labute approximate surface area is 206 Å². The van der Waals surface area contributed by atoms with Crippen molar-refractivity contribution < 1.29 is 19.4 Å². The van der Waals surface area contributed by atoms with Crippen molar-refractivity contribution in [2.45, 2.75) is 46.1 Å². The quantitative estimate of drug-likeness (QED) is 0.279. The van der Waals surface area contributed by atoms with Gasteiger partial charge in [0.2, 0.25) is 0 Å². The summed E-state index contributed by atoms with van der Waals surface area (Å²) in [5.74, 6) is -0.895. The zero-order chi connectivity index (χ0) is 25.5. The van der Waals surface area contributed by atoms with Crippen LogP contribution in [0.1, 0.15) is 54.6 Å². The number of ether oxygens (including phenoxy) is 1. The molecule has 1 aliphatic rings. The van der Waals surface area contributed by atoms with E-state index in [9.17, 15) is 14.7 Å². The predicted octanol–water partition coefficient (Wildman–Crippen LogP) is 6.24. The van der Waals surface area contributed by atoms with Crippen LogP contribution in [0.25, 0.3) is 5.76 Å². The van der Waals surface area contributed by atoms with Crippen molar-refractivity contribution in [2.75, 3.05) is 12.0 Å². The molecule has 180 valence electrons. The summed E-state index contributed by atoms with van der Waals surface area (Å²) in [6.45, 7) is 10.2. The highest BCUT2D eigenvalue weighted by molar-refractivity contribution is 6.51. The lowest BCUT2D eigenvalue weighted by molar-refractivity contribution is -0.132. The molecule has 0 spiro atoms. The lowest BCUT2D eigenvalue weighted by atomic mass is 9.85. The second-order valence-electron chi connectivity index (χ2n) is 10.1. The fourth-order valence-corrected chi connectivity index (χ4v) is 4.46. The maximum Gasteiger partial charge on any atom is 0.300 e. The molecule has 0 bridgehead atoms. The molecule has 0 radical (unpaired) electrons. The standard InChI is InChI=1S/C30H31NO4/c1-18-7-8-19(2)24(17-18)27(32)25-26(20-9-11-21(12-10-20)30(3,4)5)31(29(34)28(25)33)22-13-15-23(35-6)16-14-22/h7-17,26,32H,1-6H3/b27-25+. The van der Waals surface area contributed by atoms with E-state index in [0.717, 1.165) is 22.3 Å². The zero-order valence-electron chi connectivity index (χ0n) is 21.0. The Morgan fingerprint density at radius 3 is 2.11 bits per heavy atom. The monoisotopic (exact) mass is 469 g/mol. The minimum Gasteiger partial charge on any atom is -0.507 e. The van der Waals surface area contributed by atoms with Crippen LogP contribution in [0.15, 0.2) is 72.3 Å². The van der Waals surface area contributed by atoms with Crippen LogP contribution >= 0.6 is 0 Å². The van der Waals surface area contributed by atoms with Gasteiger partial charge in [0, 0.05) is 11.3 Å². The predicted molar refractivity (Wildman–Crippen MR) is 139 cm³/mol. The van der Waals surface area contributed by atoms with Crippen LogP contribution < -0.4 is 9.64 Å². The molecule has 0 saturated carbocycles. The van der Waals surface area contributed by atoms with Crippen LogP contribution in [0.5, 0.6) is 5.75 Å². The molecular weight excluding hydrogens is 438 g/mol. The number of rotatable bonds is 4. The minimum atomic E-state index is -0.766. The third kappa shape index (κ3) is 4.46. The molecule has 0 aliphatic carbocycles. The van der Waals surface area contributed by atoms with Gasteiger partial charge in [-0.25, -0.2) is 0 Å². The summed E-state index contributed by atoms with van der Waals surface area (Å²) in [5.41, 5.74) is 4.81. The smallest absolute Gasteiger partial charge is 0.300 e. The maximum atomic E-state index is 13.4. The number of amides is 1. The van der Waals surface area contributed by atoms with Crippen molar-refractivity contribution in [2.24, 2.45) is 0 Å². The molecule has 35 heavy (non-hydrogen) atoms. The molecule has 4 rings (SSSR count). The minimum absolute atomic E-state index is 0.0466. The zero-order valence-corrected chi connectivity index (χ0v) is 21.0. The summed E-state index contributed by atoms with van der Waals surface area (Å²) in [4.78, 5) is 28.2. The lowest BCUT2D eigenvalue weighted by Crippen LogP contribution is -2.29. The second-order valence-corrected chi connectivity index (χ2v) is 10.1. The van der Waals surface area contributed by atoms with Gasteiger partial charge in [-0.2, -0.15) is 0 Å². The molecule has 0 aromatic heterocycles. The number of aryl methyl sites for hydroxylation is 2. The van der Waals surface area contributed by atoms with Crippen molar-refractivity contribution in [3.8, 4) is 5.75 Å². The van der Waals surface area contributed by atoms with Crippen LogP contribution in [-0.4, -0.2) is 23.9 Å². The highest BCUT2D eigenvalue weighted by Crippen LogP contribution is 2.43. The highest BCUT2D eigenvalue weighted by atomic mass is 16.5. The third-order valence-electron chi connectivity index (χ3n) is 6.54. The molecule has 1 heterocycles. The number of hydrogen-bond donors (Lipinski definition) is 1. The first-order valence-corrected chi connectivity index (χ1v) is 11.7. The largest absolute Gasteiger partial charge is 0.507 e. The number of carbonyl (C=O) groups excluding carboxylic acids is 2. The number of methoxy groups -OCH3 is 1. The fourth-order valence-electron chi connectivity index (χ4n) is 4.46. The number of aliphatic hydroxyl groups is 1. The molecular formula is C30H31NO4. The van der Waals surface area contributed by atoms with Crippen molar-refractivity contribution in [3.63, 3.8) is 0 Å². The third-order valence-corrected chi connectivity index (χ3v) is 6.54. The van der Waals surface area contributed by atoms with Gasteiger partial charge in [-0.15, -0.1) is 0 Å². The van der Waals surface area contributed by atoms with E-state index in [0.29, 0.717) is 17.0 Å². The van der Waals surface area contributed by atoms with E-state index in [1.165, 1.54) is 4.90 Å². The summed E-state index contributed by atoms with van der Waals surface area (Å²) in [6, 6.07) is 19.8. The first-order valence-electron chi connectivity index (χ1n) is 11.7. The Balaban J connectivity index is 1.94. The van der Waals surface area contributed by atoms with Gasteiger partial charge in [0.05, 0.1) is 18.7 Å². The summed E-state index contributed by atoms with van der Waals surface area (Å²) < 4.78 is 5.26. The van der Waals surface area contributed by atoms with Gasteiger partial charge in [-0.05, 0) is 66.3 Å². The molecule has 5 heteroatoms. The Bertz CT molecular complexity index is 1310. The summed E-state index contributed by atoms with van der Waals surface area (Å²) >= 11 is 0. The van der Waals surface area contributed by atoms with Crippen LogP contribution in [0.4, 0.5) is 5.69 Å². The van der Waals surface area contributed by atoms with Gasteiger partial charge in [0.15, 0.2) is 0 Å². The lowest BCUT2D eigenvalue weighted by Gasteiger charge is -2.27. The number of nitrogens with zero attached hydrogens (tertiary/aromatic N) is 1. The van der Waals surface area contributed by atoms with E-state index in [1.54, 1.807) is 31.4 Å². The van der Waals surface area contributed by atoms with E-state index in [-0.39, 0.29) is 16.7 Å². The SMILES string of the molecule is COc1ccc(N2C(=O)C(=O)/C(=C(/O)c3cc(C)ccc3C)C2c2ccc(C(C)(C)C)cc2)cc1. The summed E-state index contributed by atoms with van der Waals surface area (Å²) in [7, 11) is 1.57. The first-order chi connectivity index (χ1) is 16.5. The normalized spacial score (nSPS) is 17.7. The highest BCUT2D eigenvalue weighted by Gasteiger charge is 2.47. The van der Waals surface area contributed by atoms with E-state index >= 15 is 0 Å². The molecule has 1 fully saturated rings. The summed E-state index contributed by atoms with van der Waals surface area (Å²) in [5, 5.41) is 11.4. The van der Waals surface area contributed by atoms with Crippen LogP contribution in [0.2, 0.25) is 0 Å². The van der Waals surface area contributed by atoms with Crippen molar-refractivity contribution >= 4 is 23.1 Å². The number of aliphatic hydroxyl groups excluding tert-OH is 1.